The van der Waals surface area contributed by atoms with Crippen molar-refractivity contribution in [2.75, 3.05) is 59.7 Å². The molecule has 25 heavy (non-hydrogen) atoms. The van der Waals surface area contributed by atoms with Crippen LogP contribution in [0.2, 0.25) is 0 Å². The quantitative estimate of drug-likeness (QED) is 0.782. The van der Waals surface area contributed by atoms with Gasteiger partial charge in [0.1, 0.15) is 5.75 Å². The number of nitrogens with zero attached hydrogens (tertiary/aromatic N) is 2. The number of amides is 1. The number of methoxy groups -OCH3 is 1. The van der Waals surface area contributed by atoms with Crippen molar-refractivity contribution >= 4 is 5.91 Å². The molecule has 138 valence electrons. The predicted octanol–water partition coefficient (Wildman–Crippen LogP) is 1.65. The summed E-state index contributed by atoms with van der Waals surface area (Å²) in [6.07, 6.45) is 1.82. The van der Waals surface area contributed by atoms with E-state index in [-0.39, 0.29) is 11.9 Å². The number of carbonyl (C=O) groups is 1. The van der Waals surface area contributed by atoms with E-state index < -0.39 is 0 Å². The van der Waals surface area contributed by atoms with Crippen LogP contribution in [0.3, 0.4) is 0 Å². The zero-order valence-corrected chi connectivity index (χ0v) is 15.0. The standard InChI is InChI=1S/C19H28N2O4/c1-23-18-4-2-16(3-5-18)19(22)21(17-6-12-24-13-7-17)9-8-20-10-14-25-15-11-20/h2-5,17H,6-15H2,1H3. The lowest BCUT2D eigenvalue weighted by Gasteiger charge is -2.36. The normalized spacial score (nSPS) is 19.6. The number of hydrogen-bond acceptors (Lipinski definition) is 5. The molecular formula is C19H28N2O4. The predicted molar refractivity (Wildman–Crippen MR) is 95.1 cm³/mol. The van der Waals surface area contributed by atoms with Crippen LogP contribution >= 0.6 is 0 Å². The van der Waals surface area contributed by atoms with Gasteiger partial charge in [0.2, 0.25) is 0 Å². The van der Waals surface area contributed by atoms with Gasteiger partial charge in [0.25, 0.3) is 5.91 Å². The molecule has 2 aliphatic heterocycles. The van der Waals surface area contributed by atoms with E-state index in [9.17, 15) is 4.79 Å². The molecule has 0 N–H and O–H groups in total. The number of rotatable bonds is 6. The molecule has 0 spiro atoms. The van der Waals surface area contributed by atoms with Crippen molar-refractivity contribution in [3.63, 3.8) is 0 Å². The molecule has 1 aromatic rings. The lowest BCUT2D eigenvalue weighted by Crippen LogP contribution is -2.48. The SMILES string of the molecule is COc1ccc(C(=O)N(CCN2CCOCC2)C2CCOCC2)cc1. The molecule has 0 aliphatic carbocycles. The molecular weight excluding hydrogens is 320 g/mol. The summed E-state index contributed by atoms with van der Waals surface area (Å²) in [4.78, 5) is 17.5. The maximum absolute atomic E-state index is 13.1. The molecule has 0 bridgehead atoms. The van der Waals surface area contributed by atoms with E-state index in [0.29, 0.717) is 5.56 Å². The topological polar surface area (TPSA) is 51.2 Å². The van der Waals surface area contributed by atoms with E-state index in [1.54, 1.807) is 7.11 Å². The maximum Gasteiger partial charge on any atom is 0.254 e. The van der Waals surface area contributed by atoms with Gasteiger partial charge >= 0.3 is 0 Å². The molecule has 1 amide bonds. The van der Waals surface area contributed by atoms with Gasteiger partial charge in [0.05, 0.1) is 20.3 Å². The highest BCUT2D eigenvalue weighted by Crippen LogP contribution is 2.19. The summed E-state index contributed by atoms with van der Waals surface area (Å²) in [7, 11) is 1.63. The summed E-state index contributed by atoms with van der Waals surface area (Å²) in [6, 6.07) is 7.64. The van der Waals surface area contributed by atoms with Gasteiger partial charge < -0.3 is 19.1 Å². The van der Waals surface area contributed by atoms with E-state index in [0.717, 1.165) is 71.2 Å². The highest BCUT2D eigenvalue weighted by molar-refractivity contribution is 5.94. The van der Waals surface area contributed by atoms with Gasteiger partial charge in [-0.3, -0.25) is 9.69 Å². The van der Waals surface area contributed by atoms with E-state index in [4.69, 9.17) is 14.2 Å². The van der Waals surface area contributed by atoms with Crippen LogP contribution in [0.1, 0.15) is 23.2 Å². The third-order valence-electron chi connectivity index (χ3n) is 4.99. The Hall–Kier alpha value is -1.63. The van der Waals surface area contributed by atoms with Gasteiger partial charge in [-0.2, -0.15) is 0 Å². The van der Waals surface area contributed by atoms with Gasteiger partial charge in [0.15, 0.2) is 0 Å². The fourth-order valence-electron chi connectivity index (χ4n) is 3.42. The molecule has 2 aliphatic rings. The number of morpholine rings is 1. The Labute approximate surface area is 149 Å². The monoisotopic (exact) mass is 348 g/mol. The zero-order chi connectivity index (χ0) is 17.5. The smallest absolute Gasteiger partial charge is 0.254 e. The average molecular weight is 348 g/mol. The summed E-state index contributed by atoms with van der Waals surface area (Å²) >= 11 is 0. The number of hydrogen-bond donors (Lipinski definition) is 0. The lowest BCUT2D eigenvalue weighted by molar-refractivity contribution is 0.0141. The van der Waals surface area contributed by atoms with E-state index in [2.05, 4.69) is 4.90 Å². The van der Waals surface area contributed by atoms with Crippen LogP contribution in [0.4, 0.5) is 0 Å². The Kier molecular flexibility index (Phi) is 6.67. The van der Waals surface area contributed by atoms with Crippen molar-refractivity contribution in [3.8, 4) is 5.75 Å². The highest BCUT2D eigenvalue weighted by atomic mass is 16.5. The van der Waals surface area contributed by atoms with Crippen molar-refractivity contribution in [2.24, 2.45) is 0 Å². The number of benzene rings is 1. The highest BCUT2D eigenvalue weighted by Gasteiger charge is 2.27. The second-order valence-corrected chi connectivity index (χ2v) is 6.52. The average Bonchev–Trinajstić information content (AvgIpc) is 2.69. The van der Waals surface area contributed by atoms with Crippen LogP contribution < -0.4 is 4.74 Å². The van der Waals surface area contributed by atoms with Gasteiger partial charge in [-0.05, 0) is 37.1 Å². The zero-order valence-electron chi connectivity index (χ0n) is 15.0. The van der Waals surface area contributed by atoms with Crippen LogP contribution in [-0.2, 0) is 9.47 Å². The Morgan fingerprint density at radius 3 is 2.40 bits per heavy atom. The van der Waals surface area contributed by atoms with E-state index in [1.807, 2.05) is 29.2 Å². The van der Waals surface area contributed by atoms with E-state index in [1.165, 1.54) is 0 Å². The largest absolute Gasteiger partial charge is 0.497 e. The molecule has 2 saturated heterocycles. The number of ether oxygens (including phenoxy) is 3. The minimum atomic E-state index is 0.0998. The minimum Gasteiger partial charge on any atom is -0.497 e. The molecule has 2 fully saturated rings. The molecule has 0 unspecified atom stereocenters. The third kappa shape index (κ3) is 4.93. The third-order valence-corrected chi connectivity index (χ3v) is 4.99. The summed E-state index contributed by atoms with van der Waals surface area (Å²) in [5, 5.41) is 0. The summed E-state index contributed by atoms with van der Waals surface area (Å²) in [5.74, 6) is 0.866. The molecule has 2 heterocycles. The first-order valence-electron chi connectivity index (χ1n) is 9.11. The van der Waals surface area contributed by atoms with Crippen LogP contribution in [0, 0.1) is 0 Å². The lowest BCUT2D eigenvalue weighted by atomic mass is 10.0. The maximum atomic E-state index is 13.1. The van der Waals surface area contributed by atoms with Gasteiger partial charge in [-0.1, -0.05) is 0 Å². The van der Waals surface area contributed by atoms with Crippen molar-refractivity contribution in [1.82, 2.24) is 9.80 Å². The van der Waals surface area contributed by atoms with Gasteiger partial charge in [0, 0.05) is 51.0 Å². The first kappa shape index (κ1) is 18.2. The Morgan fingerprint density at radius 2 is 1.76 bits per heavy atom. The van der Waals surface area contributed by atoms with Crippen molar-refractivity contribution < 1.29 is 19.0 Å². The minimum absolute atomic E-state index is 0.0998. The van der Waals surface area contributed by atoms with Crippen LogP contribution in [0.25, 0.3) is 0 Å². The second-order valence-electron chi connectivity index (χ2n) is 6.52. The molecule has 6 nitrogen and oxygen atoms in total. The summed E-state index contributed by atoms with van der Waals surface area (Å²) < 4.78 is 16.1. The van der Waals surface area contributed by atoms with E-state index >= 15 is 0 Å². The molecule has 3 rings (SSSR count). The Balaban J connectivity index is 1.68. The molecule has 0 saturated carbocycles. The molecule has 0 atom stereocenters. The van der Waals surface area contributed by atoms with Crippen LogP contribution in [0.5, 0.6) is 5.75 Å². The fraction of sp³-hybridized carbons (Fsp3) is 0.632. The molecule has 1 aromatic carbocycles. The Morgan fingerprint density at radius 1 is 1.12 bits per heavy atom. The fourth-order valence-corrected chi connectivity index (χ4v) is 3.42. The second kappa shape index (κ2) is 9.17. The van der Waals surface area contributed by atoms with Crippen LogP contribution in [0.15, 0.2) is 24.3 Å². The van der Waals surface area contributed by atoms with Gasteiger partial charge in [-0.25, -0.2) is 0 Å². The molecule has 0 radical (unpaired) electrons. The van der Waals surface area contributed by atoms with Crippen LogP contribution in [-0.4, -0.2) is 81.5 Å². The molecule has 6 heteroatoms. The van der Waals surface area contributed by atoms with Crippen molar-refractivity contribution in [3.05, 3.63) is 29.8 Å². The van der Waals surface area contributed by atoms with Crippen molar-refractivity contribution in [2.45, 2.75) is 18.9 Å². The van der Waals surface area contributed by atoms with Gasteiger partial charge in [-0.15, -0.1) is 0 Å². The summed E-state index contributed by atoms with van der Waals surface area (Å²) in [5.41, 5.74) is 0.717. The Bertz CT molecular complexity index is 537. The first-order valence-corrected chi connectivity index (χ1v) is 9.11. The first-order chi connectivity index (χ1) is 12.3. The summed E-state index contributed by atoms with van der Waals surface area (Å²) in [6.45, 7) is 6.55. The number of carbonyl (C=O) groups excluding carboxylic acids is 1. The van der Waals surface area contributed by atoms with Crippen molar-refractivity contribution in [1.29, 1.82) is 0 Å². The molecule has 0 aromatic heterocycles.